The van der Waals surface area contributed by atoms with Gasteiger partial charge in [-0.15, -0.1) is 0 Å². The summed E-state index contributed by atoms with van der Waals surface area (Å²) >= 11 is 8.52. The minimum absolute atomic E-state index is 0.0484. The van der Waals surface area contributed by atoms with E-state index in [1.54, 1.807) is 0 Å². The molecule has 5 heteroatoms. The molecule has 0 bridgehead atoms. The summed E-state index contributed by atoms with van der Waals surface area (Å²) in [7, 11) is 1.92. The number of anilines is 1. The van der Waals surface area contributed by atoms with Gasteiger partial charge in [0.15, 0.2) is 0 Å². The Morgan fingerprint density at radius 1 is 1.53 bits per heavy atom. The molecule has 0 spiro atoms. The smallest absolute Gasteiger partial charge is 0.107 e. The van der Waals surface area contributed by atoms with Crippen molar-refractivity contribution in [1.82, 2.24) is 0 Å². The van der Waals surface area contributed by atoms with Crippen molar-refractivity contribution in [3.63, 3.8) is 0 Å². The molecule has 0 fully saturated rings. The largest absolute Gasteiger partial charge is 0.394 e. The van der Waals surface area contributed by atoms with Crippen molar-refractivity contribution >= 4 is 38.8 Å². The number of benzene rings is 1. The van der Waals surface area contributed by atoms with Gasteiger partial charge < -0.3 is 15.7 Å². The van der Waals surface area contributed by atoms with E-state index in [1.165, 1.54) is 0 Å². The summed E-state index contributed by atoms with van der Waals surface area (Å²) in [6.45, 7) is 3.96. The molecule has 0 saturated carbocycles. The van der Waals surface area contributed by atoms with Crippen LogP contribution in [0.5, 0.6) is 0 Å². The molecule has 1 aromatic rings. The molecule has 3 N–H and O–H groups in total. The highest BCUT2D eigenvalue weighted by Crippen LogP contribution is 2.30. The molecular weight excluding hydrogens is 300 g/mol. The van der Waals surface area contributed by atoms with Crippen molar-refractivity contribution in [1.29, 1.82) is 0 Å². The maximum atomic E-state index is 9.41. The molecule has 1 rings (SSSR count). The quantitative estimate of drug-likeness (QED) is 0.837. The molecule has 0 radical (unpaired) electrons. The van der Waals surface area contributed by atoms with Gasteiger partial charge in [-0.05, 0) is 41.9 Å². The lowest BCUT2D eigenvalue weighted by molar-refractivity contribution is 0.216. The van der Waals surface area contributed by atoms with Gasteiger partial charge in [-0.3, -0.25) is 0 Å². The molecule has 0 aliphatic heterocycles. The van der Waals surface area contributed by atoms with Crippen LogP contribution in [0, 0.1) is 0 Å². The van der Waals surface area contributed by atoms with Gasteiger partial charge in [0.05, 0.1) is 12.1 Å². The zero-order valence-electron chi connectivity index (χ0n) is 10.2. The Kier molecular flexibility index (Phi) is 4.52. The minimum atomic E-state index is -0.375. The zero-order chi connectivity index (χ0) is 13.2. The second kappa shape index (κ2) is 5.33. The van der Waals surface area contributed by atoms with E-state index in [9.17, 15) is 5.11 Å². The number of rotatable bonds is 4. The van der Waals surface area contributed by atoms with Crippen molar-refractivity contribution in [2.75, 3.05) is 18.6 Å². The lowest BCUT2D eigenvalue weighted by Crippen LogP contribution is -2.45. The Morgan fingerprint density at radius 2 is 2.12 bits per heavy atom. The second-order valence-corrected chi connectivity index (χ2v) is 5.82. The van der Waals surface area contributed by atoms with Crippen molar-refractivity contribution in [2.24, 2.45) is 5.73 Å². The number of hydrogen-bond acceptors (Lipinski definition) is 3. The van der Waals surface area contributed by atoms with E-state index in [-0.39, 0.29) is 12.1 Å². The molecule has 0 amide bonds. The first-order chi connectivity index (χ1) is 7.81. The molecule has 0 unspecified atom stereocenters. The molecule has 94 valence electrons. The van der Waals surface area contributed by atoms with Crippen LogP contribution in [-0.2, 0) is 0 Å². The molecule has 0 aliphatic rings. The Hall–Kier alpha value is -0.650. The molecule has 17 heavy (non-hydrogen) atoms. The van der Waals surface area contributed by atoms with Crippen LogP contribution in [-0.4, -0.2) is 29.3 Å². The highest BCUT2D eigenvalue weighted by molar-refractivity contribution is 9.10. The second-order valence-electron chi connectivity index (χ2n) is 4.53. The number of thiocarbonyl (C=S) groups is 1. The summed E-state index contributed by atoms with van der Waals surface area (Å²) in [5.74, 6) is 0. The molecule has 0 saturated heterocycles. The van der Waals surface area contributed by atoms with E-state index in [0.717, 1.165) is 15.7 Å². The summed E-state index contributed by atoms with van der Waals surface area (Å²) in [5.41, 5.74) is 7.08. The van der Waals surface area contributed by atoms with Crippen LogP contribution in [0.3, 0.4) is 0 Å². The van der Waals surface area contributed by atoms with E-state index in [4.69, 9.17) is 18.0 Å². The number of hydrogen-bond donors (Lipinski definition) is 2. The number of likely N-dealkylation sites (N-methyl/N-ethyl adjacent to an activating group) is 1. The van der Waals surface area contributed by atoms with Gasteiger partial charge in [-0.1, -0.05) is 18.3 Å². The first-order valence-corrected chi connectivity index (χ1v) is 6.44. The summed E-state index contributed by atoms with van der Waals surface area (Å²) in [5, 5.41) is 9.41. The molecule has 0 atom stereocenters. The van der Waals surface area contributed by atoms with Crippen LogP contribution >= 0.6 is 28.1 Å². The Balaban J connectivity index is 3.32. The Labute approximate surface area is 116 Å². The SMILES string of the molecule is CN(c1cccc(Br)c1C(N)=S)C(C)(C)CO. The summed E-state index contributed by atoms with van der Waals surface area (Å²) in [4.78, 5) is 2.32. The minimum Gasteiger partial charge on any atom is -0.394 e. The lowest BCUT2D eigenvalue weighted by atomic mass is 10.0. The normalized spacial score (nSPS) is 11.4. The summed E-state index contributed by atoms with van der Waals surface area (Å²) < 4.78 is 0.864. The third-order valence-corrected chi connectivity index (χ3v) is 3.76. The molecule has 0 aliphatic carbocycles. The van der Waals surface area contributed by atoms with Gasteiger partial charge in [0.1, 0.15) is 4.99 Å². The fourth-order valence-electron chi connectivity index (χ4n) is 1.47. The molecule has 0 heterocycles. The van der Waals surface area contributed by atoms with Crippen LogP contribution in [0.4, 0.5) is 5.69 Å². The van der Waals surface area contributed by atoms with E-state index in [1.807, 2.05) is 44.0 Å². The monoisotopic (exact) mass is 316 g/mol. The number of aliphatic hydroxyl groups excluding tert-OH is 1. The molecule has 0 aromatic heterocycles. The maximum absolute atomic E-state index is 9.41. The van der Waals surface area contributed by atoms with Gasteiger partial charge >= 0.3 is 0 Å². The topological polar surface area (TPSA) is 49.5 Å². The number of nitrogens with zero attached hydrogens (tertiary/aromatic N) is 1. The Morgan fingerprint density at radius 3 is 2.59 bits per heavy atom. The highest BCUT2D eigenvalue weighted by atomic mass is 79.9. The van der Waals surface area contributed by atoms with Crippen LogP contribution < -0.4 is 10.6 Å². The van der Waals surface area contributed by atoms with E-state index >= 15 is 0 Å². The van der Waals surface area contributed by atoms with E-state index < -0.39 is 0 Å². The Bertz CT molecular complexity index is 435. The van der Waals surface area contributed by atoms with Gasteiger partial charge in [0, 0.05) is 22.8 Å². The zero-order valence-corrected chi connectivity index (χ0v) is 12.6. The fraction of sp³-hybridized carbons (Fsp3) is 0.417. The molecule has 1 aromatic carbocycles. The van der Waals surface area contributed by atoms with Crippen molar-refractivity contribution in [3.05, 3.63) is 28.2 Å². The molecular formula is C12H17BrN2OS. The van der Waals surface area contributed by atoms with E-state index in [2.05, 4.69) is 15.9 Å². The first kappa shape index (κ1) is 14.4. The number of nitrogens with two attached hydrogens (primary N) is 1. The summed E-state index contributed by atoms with van der Waals surface area (Å²) in [6, 6.07) is 5.76. The average molecular weight is 317 g/mol. The predicted octanol–water partition coefficient (Wildman–Crippen LogP) is 2.29. The van der Waals surface area contributed by atoms with Crippen LogP contribution in [0.25, 0.3) is 0 Å². The maximum Gasteiger partial charge on any atom is 0.107 e. The number of halogens is 1. The average Bonchev–Trinajstić information content (AvgIpc) is 2.27. The fourth-order valence-corrected chi connectivity index (χ4v) is 2.38. The van der Waals surface area contributed by atoms with Gasteiger partial charge in [-0.2, -0.15) is 0 Å². The first-order valence-electron chi connectivity index (χ1n) is 5.24. The van der Waals surface area contributed by atoms with E-state index in [0.29, 0.717) is 4.99 Å². The third kappa shape index (κ3) is 2.97. The van der Waals surface area contributed by atoms with Gasteiger partial charge in [-0.25, -0.2) is 0 Å². The van der Waals surface area contributed by atoms with Crippen LogP contribution in [0.1, 0.15) is 19.4 Å². The van der Waals surface area contributed by atoms with Gasteiger partial charge in [0.25, 0.3) is 0 Å². The predicted molar refractivity (Wildman–Crippen MR) is 79.6 cm³/mol. The highest BCUT2D eigenvalue weighted by Gasteiger charge is 2.25. The van der Waals surface area contributed by atoms with Crippen molar-refractivity contribution in [2.45, 2.75) is 19.4 Å². The van der Waals surface area contributed by atoms with Crippen LogP contribution in [0.2, 0.25) is 0 Å². The van der Waals surface area contributed by atoms with Crippen LogP contribution in [0.15, 0.2) is 22.7 Å². The number of aliphatic hydroxyl groups is 1. The summed E-state index contributed by atoms with van der Waals surface area (Å²) in [6.07, 6.45) is 0. The lowest BCUT2D eigenvalue weighted by Gasteiger charge is -2.37. The van der Waals surface area contributed by atoms with Gasteiger partial charge in [0.2, 0.25) is 0 Å². The van der Waals surface area contributed by atoms with Crippen molar-refractivity contribution in [3.8, 4) is 0 Å². The third-order valence-electron chi connectivity index (χ3n) is 2.89. The molecule has 3 nitrogen and oxygen atoms in total. The standard InChI is InChI=1S/C12H17BrN2OS/c1-12(2,7-16)15(3)9-6-4-5-8(13)10(9)11(14)17/h4-6,16H,7H2,1-3H3,(H2,14,17). The van der Waals surface area contributed by atoms with Crippen molar-refractivity contribution < 1.29 is 5.11 Å².